The molecule has 38 heavy (non-hydrogen) atoms. The molecule has 0 saturated heterocycles. The van der Waals surface area contributed by atoms with E-state index in [0.29, 0.717) is 0 Å². The lowest BCUT2D eigenvalue weighted by Gasteiger charge is -2.24. The second-order valence-corrected chi connectivity index (χ2v) is 11.4. The third kappa shape index (κ3) is 2.33. The fraction of sp³-hybridized carbons (Fsp3) is 0.0811. The first-order valence-electron chi connectivity index (χ1n) is 13.5. The number of benzene rings is 7. The molecule has 1 aliphatic rings. The molecule has 0 N–H and O–H groups in total. The van der Waals surface area contributed by atoms with Crippen molar-refractivity contribution in [3.05, 3.63) is 126 Å². The number of nitrogens with zero attached hydrogens (tertiary/aromatic N) is 1. The zero-order chi connectivity index (χ0) is 25.2. The number of hydrogen-bond donors (Lipinski definition) is 0. The minimum Gasteiger partial charge on any atom is -0.309 e. The molecule has 0 unspecified atom stereocenters. The highest BCUT2D eigenvalue weighted by Gasteiger charge is 2.37. The van der Waals surface area contributed by atoms with Gasteiger partial charge in [-0.25, -0.2) is 0 Å². The van der Waals surface area contributed by atoms with Crippen LogP contribution in [0.15, 0.2) is 115 Å². The van der Waals surface area contributed by atoms with Crippen LogP contribution in [0, 0.1) is 0 Å². The van der Waals surface area contributed by atoms with Gasteiger partial charge in [0, 0.05) is 27.3 Å². The van der Waals surface area contributed by atoms with Crippen LogP contribution in [0.25, 0.3) is 70.9 Å². The van der Waals surface area contributed by atoms with Crippen molar-refractivity contribution in [2.75, 3.05) is 0 Å². The third-order valence-electron chi connectivity index (χ3n) is 9.06. The molecule has 0 atom stereocenters. The van der Waals surface area contributed by atoms with Crippen LogP contribution >= 0.6 is 0 Å². The average molecular weight is 484 g/mol. The van der Waals surface area contributed by atoms with Crippen molar-refractivity contribution in [1.29, 1.82) is 0 Å². The summed E-state index contributed by atoms with van der Waals surface area (Å²) in [4.78, 5) is 0. The number of fused-ring (bicyclic) bond motifs is 8. The van der Waals surface area contributed by atoms with Gasteiger partial charge in [-0.1, -0.05) is 98.8 Å². The highest BCUT2D eigenvalue weighted by molar-refractivity contribution is 6.32. The van der Waals surface area contributed by atoms with Crippen molar-refractivity contribution in [3.8, 4) is 16.8 Å². The van der Waals surface area contributed by atoms with Crippen molar-refractivity contribution in [2.24, 2.45) is 0 Å². The Morgan fingerprint density at radius 1 is 0.526 bits per heavy atom. The molecular weight excluding hydrogens is 458 g/mol. The van der Waals surface area contributed by atoms with Crippen molar-refractivity contribution in [1.82, 2.24) is 4.57 Å². The molecule has 1 aliphatic carbocycles. The van der Waals surface area contributed by atoms with Crippen LogP contribution < -0.4 is 0 Å². The topological polar surface area (TPSA) is 4.93 Å². The monoisotopic (exact) mass is 483 g/mol. The van der Waals surface area contributed by atoms with Crippen molar-refractivity contribution < 1.29 is 0 Å². The fourth-order valence-electron chi connectivity index (χ4n) is 7.53. The fourth-order valence-corrected chi connectivity index (χ4v) is 7.53. The number of aromatic nitrogens is 1. The Hall–Kier alpha value is -4.62. The lowest BCUT2D eigenvalue weighted by Crippen LogP contribution is -2.15. The predicted molar refractivity (Wildman–Crippen MR) is 162 cm³/mol. The summed E-state index contributed by atoms with van der Waals surface area (Å²) in [5.41, 5.74) is 9.36. The van der Waals surface area contributed by atoms with Crippen LogP contribution in [0.4, 0.5) is 0 Å². The Morgan fingerprint density at radius 2 is 1.21 bits per heavy atom. The Kier molecular flexibility index (Phi) is 3.67. The van der Waals surface area contributed by atoms with E-state index in [1.807, 2.05) is 0 Å². The van der Waals surface area contributed by atoms with E-state index in [0.717, 1.165) is 0 Å². The molecule has 178 valence electrons. The molecule has 1 heteroatoms. The summed E-state index contributed by atoms with van der Waals surface area (Å²) in [5.74, 6) is 0. The van der Waals surface area contributed by atoms with E-state index in [9.17, 15) is 0 Å². The van der Waals surface area contributed by atoms with Crippen LogP contribution in [0.2, 0.25) is 0 Å². The Labute approximate surface area is 220 Å². The third-order valence-corrected chi connectivity index (χ3v) is 9.06. The molecule has 0 saturated carbocycles. The summed E-state index contributed by atoms with van der Waals surface area (Å²) in [6, 6.07) is 42.9. The smallest absolute Gasteiger partial charge is 0.0620 e. The van der Waals surface area contributed by atoms with Crippen LogP contribution in [-0.2, 0) is 5.41 Å². The van der Waals surface area contributed by atoms with E-state index in [4.69, 9.17) is 0 Å². The van der Waals surface area contributed by atoms with Crippen LogP contribution in [0.3, 0.4) is 0 Å². The van der Waals surface area contributed by atoms with Gasteiger partial charge in [0.1, 0.15) is 0 Å². The first-order valence-corrected chi connectivity index (χ1v) is 13.5. The maximum Gasteiger partial charge on any atom is 0.0620 e. The molecular formula is C37H25N. The van der Waals surface area contributed by atoms with E-state index < -0.39 is 0 Å². The summed E-state index contributed by atoms with van der Waals surface area (Å²) in [7, 11) is 0. The highest BCUT2D eigenvalue weighted by Crippen LogP contribution is 2.54. The zero-order valence-electron chi connectivity index (χ0n) is 21.4. The van der Waals surface area contributed by atoms with Gasteiger partial charge in [-0.3, -0.25) is 0 Å². The van der Waals surface area contributed by atoms with E-state index in [-0.39, 0.29) is 5.41 Å². The van der Waals surface area contributed by atoms with Crippen LogP contribution in [0.5, 0.6) is 0 Å². The summed E-state index contributed by atoms with van der Waals surface area (Å²) < 4.78 is 2.46. The van der Waals surface area contributed by atoms with E-state index in [2.05, 4.69) is 134 Å². The molecule has 1 nitrogen and oxygen atoms in total. The lowest BCUT2D eigenvalue weighted by atomic mass is 9.78. The molecule has 0 spiro atoms. The van der Waals surface area contributed by atoms with Crippen molar-refractivity contribution in [2.45, 2.75) is 19.3 Å². The van der Waals surface area contributed by atoms with E-state index in [1.54, 1.807) is 0 Å². The second-order valence-electron chi connectivity index (χ2n) is 11.4. The Bertz CT molecular complexity index is 2250. The minimum atomic E-state index is -0.0392. The normalized spacial score (nSPS) is 14.3. The Balaban J connectivity index is 1.51. The van der Waals surface area contributed by atoms with E-state index in [1.165, 1.54) is 82.1 Å². The molecule has 0 bridgehead atoms. The van der Waals surface area contributed by atoms with Gasteiger partial charge in [0.25, 0.3) is 0 Å². The second kappa shape index (κ2) is 6.82. The van der Waals surface area contributed by atoms with Crippen LogP contribution in [-0.4, -0.2) is 4.57 Å². The first-order chi connectivity index (χ1) is 18.6. The first kappa shape index (κ1) is 20.4. The summed E-state index contributed by atoms with van der Waals surface area (Å²) in [6.07, 6.45) is 0. The minimum absolute atomic E-state index is 0.0392. The molecule has 8 aromatic rings. The van der Waals surface area contributed by atoms with Gasteiger partial charge in [-0.2, -0.15) is 0 Å². The quantitative estimate of drug-likeness (QED) is 0.205. The highest BCUT2D eigenvalue weighted by atomic mass is 15.0. The van der Waals surface area contributed by atoms with Crippen molar-refractivity contribution in [3.63, 3.8) is 0 Å². The molecule has 9 rings (SSSR count). The van der Waals surface area contributed by atoms with Gasteiger partial charge in [0.15, 0.2) is 0 Å². The summed E-state index contributed by atoms with van der Waals surface area (Å²) >= 11 is 0. The maximum absolute atomic E-state index is 2.46. The molecule has 0 fully saturated rings. The Morgan fingerprint density at radius 3 is 2.08 bits per heavy atom. The predicted octanol–water partition coefficient (Wildman–Crippen LogP) is 9.99. The zero-order valence-corrected chi connectivity index (χ0v) is 21.4. The maximum atomic E-state index is 2.46. The van der Waals surface area contributed by atoms with Gasteiger partial charge >= 0.3 is 0 Å². The van der Waals surface area contributed by atoms with E-state index >= 15 is 0 Å². The largest absolute Gasteiger partial charge is 0.309 e. The summed E-state index contributed by atoms with van der Waals surface area (Å²) in [5, 5.41) is 10.7. The standard InChI is InChI=1S/C37H25N/c1-37(2)31-14-8-6-12-25(31)29-20-22-16-17-23-21-30-26-13-7-9-15-32(26)38(24-10-4-3-5-11-24)36(30)28-19-18-27(35(29)37)33(22)34(23)28/h3-21H,1-2H3. The van der Waals surface area contributed by atoms with Crippen molar-refractivity contribution >= 4 is 54.1 Å². The number of rotatable bonds is 1. The van der Waals surface area contributed by atoms with Gasteiger partial charge in [-0.05, 0) is 79.5 Å². The van der Waals surface area contributed by atoms with Gasteiger partial charge in [-0.15, -0.1) is 0 Å². The molecule has 0 amide bonds. The molecule has 7 aromatic carbocycles. The van der Waals surface area contributed by atoms with Crippen LogP contribution in [0.1, 0.15) is 25.0 Å². The average Bonchev–Trinajstić information content (AvgIpc) is 3.41. The lowest BCUT2D eigenvalue weighted by molar-refractivity contribution is 0.666. The SMILES string of the molecule is CC1(C)c2ccccc2-c2cc3ccc4cc5c6ccccc6n(-c6ccccc6)c5c5ccc(c21)c3c45. The van der Waals surface area contributed by atoms with Gasteiger partial charge < -0.3 is 4.57 Å². The summed E-state index contributed by atoms with van der Waals surface area (Å²) in [6.45, 7) is 4.78. The number of hydrogen-bond acceptors (Lipinski definition) is 0. The molecule has 0 radical (unpaired) electrons. The molecule has 0 aliphatic heterocycles. The molecule has 1 aromatic heterocycles. The molecule has 1 heterocycles. The number of para-hydroxylation sites is 2. The van der Waals surface area contributed by atoms with Gasteiger partial charge in [0.05, 0.1) is 11.0 Å². The van der Waals surface area contributed by atoms with Gasteiger partial charge in [0.2, 0.25) is 0 Å².